The molecule has 136 valence electrons. The maximum atomic E-state index is 13.0. The number of benzene rings is 1. The van der Waals surface area contributed by atoms with Crippen LogP contribution < -0.4 is 10.3 Å². The molecule has 0 amide bonds. The number of nitrogens with zero attached hydrogens (tertiary/aromatic N) is 4. The van der Waals surface area contributed by atoms with Crippen LogP contribution in [-0.2, 0) is 0 Å². The molecule has 1 fully saturated rings. The Labute approximate surface area is 162 Å². The van der Waals surface area contributed by atoms with Gasteiger partial charge < -0.3 is 4.74 Å². The average Bonchev–Trinajstić information content (AvgIpc) is 3.16. The first-order valence-corrected chi connectivity index (χ1v) is 8.60. The second-order valence-corrected chi connectivity index (χ2v) is 6.16. The molecule has 0 atom stereocenters. The zero-order chi connectivity index (χ0) is 17.1. The van der Waals surface area contributed by atoms with Gasteiger partial charge in [0.1, 0.15) is 12.2 Å². The molecule has 0 saturated carbocycles. The summed E-state index contributed by atoms with van der Waals surface area (Å²) in [6.45, 7) is 3.60. The second kappa shape index (κ2) is 8.42. The van der Waals surface area contributed by atoms with Crippen molar-refractivity contribution < 1.29 is 4.74 Å². The third-order valence-corrected chi connectivity index (χ3v) is 4.51. The number of hydrogen-bond donors (Lipinski definition) is 0. The van der Waals surface area contributed by atoms with Crippen LogP contribution in [0.15, 0.2) is 53.7 Å². The molecule has 0 unspecified atom stereocenters. The molecule has 1 aliphatic rings. The van der Waals surface area contributed by atoms with Crippen LogP contribution in [0.4, 0.5) is 0 Å². The first-order chi connectivity index (χ1) is 12.3. The van der Waals surface area contributed by atoms with E-state index >= 15 is 0 Å². The monoisotopic (exact) mass is 416 g/mol. The van der Waals surface area contributed by atoms with Crippen LogP contribution in [0, 0.1) is 0 Å². The number of hydrogen-bond acceptors (Lipinski definition) is 5. The molecule has 0 radical (unpaired) electrons. The maximum absolute atomic E-state index is 13.0. The van der Waals surface area contributed by atoms with Gasteiger partial charge in [0.05, 0.1) is 6.20 Å². The molecule has 0 spiro atoms. The van der Waals surface area contributed by atoms with E-state index in [0.717, 1.165) is 25.2 Å². The highest BCUT2D eigenvalue weighted by atomic mass is 79.9. The van der Waals surface area contributed by atoms with Crippen molar-refractivity contribution in [2.45, 2.75) is 12.8 Å². The molecule has 0 aliphatic carbocycles. The van der Waals surface area contributed by atoms with Gasteiger partial charge in [-0.05, 0) is 31.5 Å². The Morgan fingerprint density at radius 2 is 1.88 bits per heavy atom. The van der Waals surface area contributed by atoms with Gasteiger partial charge in [-0.15, -0.1) is 17.0 Å². The van der Waals surface area contributed by atoms with Gasteiger partial charge >= 0.3 is 0 Å². The fourth-order valence-electron chi connectivity index (χ4n) is 3.21. The van der Waals surface area contributed by atoms with Crippen LogP contribution >= 0.6 is 17.0 Å². The van der Waals surface area contributed by atoms with Crippen LogP contribution in [0.2, 0.25) is 0 Å². The number of halogens is 1. The summed E-state index contributed by atoms with van der Waals surface area (Å²) in [5.74, 6) is 0.378. The van der Waals surface area contributed by atoms with Crippen molar-refractivity contribution in [1.82, 2.24) is 19.3 Å². The van der Waals surface area contributed by atoms with E-state index in [4.69, 9.17) is 4.74 Å². The van der Waals surface area contributed by atoms with Gasteiger partial charge in [-0.2, -0.15) is 4.98 Å². The quantitative estimate of drug-likeness (QED) is 0.639. The molecule has 0 bridgehead atoms. The van der Waals surface area contributed by atoms with Crippen molar-refractivity contribution in [2.75, 3.05) is 26.2 Å². The minimum absolute atomic E-state index is 0. The predicted octanol–water partition coefficient (Wildman–Crippen LogP) is 2.81. The first kappa shape index (κ1) is 18.5. The van der Waals surface area contributed by atoms with Gasteiger partial charge in [-0.25, -0.2) is 0 Å². The zero-order valence-electron chi connectivity index (χ0n) is 14.4. The second-order valence-electron chi connectivity index (χ2n) is 6.16. The van der Waals surface area contributed by atoms with Crippen molar-refractivity contribution >= 4 is 22.6 Å². The topological polar surface area (TPSA) is 59.7 Å². The minimum atomic E-state index is -0.144. The highest BCUT2D eigenvalue weighted by molar-refractivity contribution is 8.93. The van der Waals surface area contributed by atoms with E-state index in [0.29, 0.717) is 23.7 Å². The van der Waals surface area contributed by atoms with Crippen molar-refractivity contribution in [3.8, 4) is 17.0 Å². The molecular weight excluding hydrogens is 396 g/mol. The Hall–Kier alpha value is -2.25. The van der Waals surface area contributed by atoms with Crippen LogP contribution in [0.3, 0.4) is 0 Å². The Morgan fingerprint density at radius 1 is 1.12 bits per heavy atom. The molecule has 4 rings (SSSR count). The fraction of sp³-hybridized carbons (Fsp3) is 0.316. The van der Waals surface area contributed by atoms with E-state index in [-0.39, 0.29) is 22.5 Å². The fourth-order valence-corrected chi connectivity index (χ4v) is 3.21. The molecule has 26 heavy (non-hydrogen) atoms. The Bertz CT molecular complexity index is 924. The standard InChI is InChI=1S/C19H20N4O2.BrH/c24-19-17(15-6-2-1-3-7-15)18(21-16-14-20-8-11-23(16)19)25-13-12-22-9-4-5-10-22;/h1-3,6-8,11,14H,4-5,9-10,12-13H2;1H. The summed E-state index contributed by atoms with van der Waals surface area (Å²) in [5, 5.41) is 0. The molecule has 7 heteroatoms. The van der Waals surface area contributed by atoms with Crippen LogP contribution in [0.1, 0.15) is 12.8 Å². The SMILES string of the molecule is Br.O=c1c(-c2ccccc2)c(OCCN2CCCC2)nc2cnccn12. The summed E-state index contributed by atoms with van der Waals surface area (Å²) in [5.41, 5.74) is 1.64. The van der Waals surface area contributed by atoms with Gasteiger partial charge in [0, 0.05) is 18.9 Å². The molecule has 1 aliphatic heterocycles. The lowest BCUT2D eigenvalue weighted by atomic mass is 10.1. The lowest BCUT2D eigenvalue weighted by Crippen LogP contribution is -2.26. The third kappa shape index (κ3) is 3.78. The Morgan fingerprint density at radius 3 is 2.65 bits per heavy atom. The molecular formula is C19H21BrN4O2. The Balaban J connectivity index is 0.00000196. The molecule has 3 heterocycles. The molecule has 3 aromatic rings. The van der Waals surface area contributed by atoms with Crippen LogP contribution in [0.25, 0.3) is 16.8 Å². The molecule has 6 nitrogen and oxygen atoms in total. The summed E-state index contributed by atoms with van der Waals surface area (Å²) in [4.78, 5) is 23.9. The van der Waals surface area contributed by atoms with Gasteiger partial charge in [0.25, 0.3) is 5.56 Å². The highest BCUT2D eigenvalue weighted by Crippen LogP contribution is 2.25. The zero-order valence-corrected chi connectivity index (χ0v) is 16.1. The molecule has 2 aromatic heterocycles. The van der Waals surface area contributed by atoms with Gasteiger partial charge in [-0.3, -0.25) is 19.1 Å². The molecule has 1 saturated heterocycles. The highest BCUT2D eigenvalue weighted by Gasteiger charge is 2.17. The summed E-state index contributed by atoms with van der Waals surface area (Å²) >= 11 is 0. The smallest absolute Gasteiger partial charge is 0.269 e. The van der Waals surface area contributed by atoms with Crippen LogP contribution in [0.5, 0.6) is 5.88 Å². The van der Waals surface area contributed by atoms with E-state index < -0.39 is 0 Å². The van der Waals surface area contributed by atoms with E-state index in [1.807, 2.05) is 30.3 Å². The molecule has 1 aromatic carbocycles. The van der Waals surface area contributed by atoms with E-state index in [2.05, 4.69) is 14.9 Å². The summed E-state index contributed by atoms with van der Waals surface area (Å²) in [6, 6.07) is 9.54. The van der Waals surface area contributed by atoms with Gasteiger partial charge in [-0.1, -0.05) is 30.3 Å². The van der Waals surface area contributed by atoms with E-state index in [9.17, 15) is 4.79 Å². The largest absolute Gasteiger partial charge is 0.476 e. The van der Waals surface area contributed by atoms with E-state index in [1.54, 1.807) is 18.6 Å². The lowest BCUT2D eigenvalue weighted by molar-refractivity contribution is 0.232. The molecule has 0 N–H and O–H groups in total. The van der Waals surface area contributed by atoms with Gasteiger partial charge in [0.2, 0.25) is 5.88 Å². The van der Waals surface area contributed by atoms with Crippen molar-refractivity contribution in [3.63, 3.8) is 0 Å². The van der Waals surface area contributed by atoms with Crippen molar-refractivity contribution in [3.05, 3.63) is 59.3 Å². The van der Waals surface area contributed by atoms with Gasteiger partial charge in [0.15, 0.2) is 5.65 Å². The Kier molecular flexibility index (Phi) is 6.00. The predicted molar refractivity (Wildman–Crippen MR) is 106 cm³/mol. The van der Waals surface area contributed by atoms with E-state index in [1.165, 1.54) is 17.2 Å². The minimum Gasteiger partial charge on any atom is -0.476 e. The number of ether oxygens (including phenoxy) is 1. The first-order valence-electron chi connectivity index (χ1n) is 8.60. The maximum Gasteiger partial charge on any atom is 0.269 e. The number of fused-ring (bicyclic) bond motifs is 1. The number of aromatic nitrogens is 3. The third-order valence-electron chi connectivity index (χ3n) is 4.51. The summed E-state index contributed by atoms with van der Waals surface area (Å²) in [7, 11) is 0. The van der Waals surface area contributed by atoms with Crippen molar-refractivity contribution in [1.29, 1.82) is 0 Å². The summed E-state index contributed by atoms with van der Waals surface area (Å²) < 4.78 is 7.45. The van der Waals surface area contributed by atoms with Crippen molar-refractivity contribution in [2.24, 2.45) is 0 Å². The van der Waals surface area contributed by atoms with Crippen LogP contribution in [-0.4, -0.2) is 45.5 Å². The summed E-state index contributed by atoms with van der Waals surface area (Å²) in [6.07, 6.45) is 7.28. The average molecular weight is 417 g/mol. The lowest BCUT2D eigenvalue weighted by Gasteiger charge is -2.16. The number of likely N-dealkylation sites (tertiary alicyclic amines) is 1. The normalized spacial score (nSPS) is 14.3. The number of rotatable bonds is 5.